The van der Waals surface area contributed by atoms with Crippen LogP contribution in [0.3, 0.4) is 0 Å². The van der Waals surface area contributed by atoms with Crippen LogP contribution in [0.5, 0.6) is 5.75 Å². The highest BCUT2D eigenvalue weighted by Gasteiger charge is 2.27. The Kier molecular flexibility index (Phi) is 6.85. The van der Waals surface area contributed by atoms with E-state index in [0.29, 0.717) is 17.0 Å². The average molecular weight is 447 g/mol. The van der Waals surface area contributed by atoms with E-state index in [0.717, 1.165) is 29.7 Å². The van der Waals surface area contributed by atoms with Crippen LogP contribution >= 0.6 is 11.3 Å². The number of carbonyl (C=O) groups is 3. The van der Waals surface area contributed by atoms with Crippen molar-refractivity contribution in [3.63, 3.8) is 0 Å². The van der Waals surface area contributed by atoms with Crippen LogP contribution < -0.4 is 15.4 Å². The summed E-state index contributed by atoms with van der Waals surface area (Å²) in [5, 5.41) is 16.5. The monoisotopic (exact) mass is 447 g/mol. The first-order valence-corrected chi connectivity index (χ1v) is 10.3. The van der Waals surface area contributed by atoms with Crippen molar-refractivity contribution in [2.45, 2.75) is 32.6 Å². The molecule has 0 saturated heterocycles. The van der Waals surface area contributed by atoms with Crippen molar-refractivity contribution in [2.24, 2.45) is 0 Å². The Bertz CT molecular complexity index is 1050. The van der Waals surface area contributed by atoms with Gasteiger partial charge in [0, 0.05) is 17.9 Å². The van der Waals surface area contributed by atoms with Gasteiger partial charge in [0.1, 0.15) is 10.8 Å². The van der Waals surface area contributed by atoms with E-state index in [1.54, 1.807) is 0 Å². The Morgan fingerprint density at radius 1 is 1.19 bits per heavy atom. The van der Waals surface area contributed by atoms with Gasteiger partial charge in [0.25, 0.3) is 11.6 Å². The molecule has 31 heavy (non-hydrogen) atoms. The number of nitro groups is 1. The molecule has 1 aromatic carbocycles. The number of rotatable bonds is 7. The fourth-order valence-electron chi connectivity index (χ4n) is 3.32. The van der Waals surface area contributed by atoms with Gasteiger partial charge in [-0.25, -0.2) is 4.79 Å². The number of nitrogens with one attached hydrogen (secondary N) is 2. The molecule has 2 amide bonds. The Balaban J connectivity index is 1.70. The van der Waals surface area contributed by atoms with Crippen LogP contribution in [0.4, 0.5) is 16.4 Å². The minimum absolute atomic E-state index is 0.105. The number of anilines is 2. The lowest BCUT2D eigenvalue weighted by Gasteiger charge is -2.13. The Morgan fingerprint density at radius 2 is 1.94 bits per heavy atom. The van der Waals surface area contributed by atoms with Crippen LogP contribution in [0.15, 0.2) is 18.2 Å². The highest BCUT2D eigenvalue weighted by Crippen LogP contribution is 2.38. The van der Waals surface area contributed by atoms with E-state index in [-0.39, 0.29) is 23.0 Å². The molecule has 2 aromatic rings. The fourth-order valence-corrected chi connectivity index (χ4v) is 4.64. The molecule has 1 aliphatic carbocycles. The van der Waals surface area contributed by atoms with Crippen molar-refractivity contribution in [2.75, 3.05) is 24.4 Å². The number of nitrogens with zero attached hydrogens (tertiary/aromatic N) is 1. The molecule has 0 atom stereocenters. The zero-order valence-corrected chi connectivity index (χ0v) is 17.8. The van der Waals surface area contributed by atoms with E-state index >= 15 is 0 Å². The molecule has 0 spiro atoms. The number of hydrogen-bond acceptors (Lipinski definition) is 8. The Hall–Kier alpha value is -3.47. The summed E-state index contributed by atoms with van der Waals surface area (Å²) >= 11 is 1.36. The lowest BCUT2D eigenvalue weighted by atomic mass is 9.95. The molecule has 1 aromatic heterocycles. The van der Waals surface area contributed by atoms with Crippen molar-refractivity contribution < 1.29 is 28.8 Å². The number of carbonyl (C=O) groups excluding carboxylic acids is 3. The zero-order valence-electron chi connectivity index (χ0n) is 17.0. The molecule has 2 N–H and O–H groups in total. The van der Waals surface area contributed by atoms with Gasteiger partial charge in [-0.2, -0.15) is 0 Å². The average Bonchev–Trinajstić information content (AvgIpc) is 3.09. The van der Waals surface area contributed by atoms with E-state index in [9.17, 15) is 24.5 Å². The minimum Gasteiger partial charge on any atom is -0.494 e. The predicted molar refractivity (Wildman–Crippen MR) is 114 cm³/mol. The first-order valence-electron chi connectivity index (χ1n) is 9.51. The van der Waals surface area contributed by atoms with Crippen molar-refractivity contribution >= 4 is 45.5 Å². The van der Waals surface area contributed by atoms with E-state index in [2.05, 4.69) is 10.6 Å². The van der Waals surface area contributed by atoms with Gasteiger partial charge in [0.15, 0.2) is 6.61 Å². The first-order chi connectivity index (χ1) is 14.8. The number of nitro benzene ring substituents is 1. The standard InChI is InChI=1S/C20H21N3O7S/c1-11(24)21-19-18(13-5-3-4-6-16(13)31-19)20(26)30-10-17(25)22-14-8-7-12(23(27)28)9-15(14)29-2/h7-9H,3-6,10H2,1-2H3,(H,21,24)(H,22,25). The van der Waals surface area contributed by atoms with Gasteiger partial charge in [0.2, 0.25) is 5.91 Å². The molecule has 3 rings (SSSR count). The molecule has 0 bridgehead atoms. The third kappa shape index (κ3) is 5.18. The second kappa shape index (κ2) is 9.56. The summed E-state index contributed by atoms with van der Waals surface area (Å²) < 4.78 is 10.3. The SMILES string of the molecule is COc1cc([N+](=O)[O-])ccc1NC(=O)COC(=O)c1c(NC(C)=O)sc2c1CCCC2. The summed E-state index contributed by atoms with van der Waals surface area (Å²) in [4.78, 5) is 47.9. The number of esters is 1. The Labute approximate surface area is 181 Å². The Morgan fingerprint density at radius 3 is 2.61 bits per heavy atom. The normalized spacial score (nSPS) is 12.5. The summed E-state index contributed by atoms with van der Waals surface area (Å²) in [6, 6.07) is 3.74. The molecular formula is C20H21N3O7S. The maximum Gasteiger partial charge on any atom is 0.341 e. The number of fused-ring (bicyclic) bond motifs is 1. The molecule has 0 saturated carbocycles. The van der Waals surface area contributed by atoms with Gasteiger partial charge < -0.3 is 20.1 Å². The molecule has 11 heteroatoms. The van der Waals surface area contributed by atoms with Crippen LogP contribution in [0, 0.1) is 10.1 Å². The summed E-state index contributed by atoms with van der Waals surface area (Å²) in [5.74, 6) is -1.51. The molecule has 164 valence electrons. The minimum atomic E-state index is -0.686. The number of amides is 2. The third-order valence-corrected chi connectivity index (χ3v) is 5.88. The van der Waals surface area contributed by atoms with Gasteiger partial charge in [-0.15, -0.1) is 11.3 Å². The van der Waals surface area contributed by atoms with Gasteiger partial charge in [-0.1, -0.05) is 0 Å². The van der Waals surface area contributed by atoms with Crippen molar-refractivity contribution in [1.82, 2.24) is 0 Å². The third-order valence-electron chi connectivity index (χ3n) is 4.67. The molecule has 0 radical (unpaired) electrons. The van der Waals surface area contributed by atoms with Gasteiger partial charge in [-0.05, 0) is 37.3 Å². The molecule has 1 heterocycles. The predicted octanol–water partition coefficient (Wildman–Crippen LogP) is 3.30. The summed E-state index contributed by atoms with van der Waals surface area (Å²) in [7, 11) is 1.32. The number of hydrogen-bond donors (Lipinski definition) is 2. The second-order valence-electron chi connectivity index (χ2n) is 6.86. The first kappa shape index (κ1) is 22.2. The number of benzene rings is 1. The smallest absolute Gasteiger partial charge is 0.341 e. The molecule has 0 unspecified atom stereocenters. The van der Waals surface area contributed by atoms with Gasteiger partial charge >= 0.3 is 5.97 Å². The summed E-state index contributed by atoms with van der Waals surface area (Å²) in [5.41, 5.74) is 1.19. The fraction of sp³-hybridized carbons (Fsp3) is 0.350. The van der Waals surface area contributed by atoms with E-state index in [1.807, 2.05) is 0 Å². The van der Waals surface area contributed by atoms with E-state index < -0.39 is 23.4 Å². The molecule has 1 aliphatic rings. The van der Waals surface area contributed by atoms with Crippen molar-refractivity contribution in [1.29, 1.82) is 0 Å². The van der Waals surface area contributed by atoms with Crippen LogP contribution in [0.2, 0.25) is 0 Å². The lowest BCUT2D eigenvalue weighted by molar-refractivity contribution is -0.384. The summed E-state index contributed by atoms with van der Waals surface area (Å²) in [6.45, 7) is 0.794. The quantitative estimate of drug-likeness (QED) is 0.377. The van der Waals surface area contributed by atoms with Crippen LogP contribution in [-0.2, 0) is 27.2 Å². The number of methoxy groups -OCH3 is 1. The van der Waals surface area contributed by atoms with Crippen LogP contribution in [0.1, 0.15) is 40.6 Å². The zero-order chi connectivity index (χ0) is 22.5. The van der Waals surface area contributed by atoms with Gasteiger partial charge in [-0.3, -0.25) is 19.7 Å². The number of ether oxygens (including phenoxy) is 2. The largest absolute Gasteiger partial charge is 0.494 e. The highest BCUT2D eigenvalue weighted by molar-refractivity contribution is 7.17. The maximum absolute atomic E-state index is 12.7. The second-order valence-corrected chi connectivity index (χ2v) is 7.97. The number of non-ortho nitro benzene ring substituents is 1. The van der Waals surface area contributed by atoms with Crippen LogP contribution in [-0.4, -0.2) is 36.4 Å². The van der Waals surface area contributed by atoms with Crippen molar-refractivity contribution in [3.8, 4) is 5.75 Å². The molecule has 0 aliphatic heterocycles. The number of thiophene rings is 1. The highest BCUT2D eigenvalue weighted by atomic mass is 32.1. The van der Waals surface area contributed by atoms with E-state index in [4.69, 9.17) is 9.47 Å². The van der Waals surface area contributed by atoms with E-state index in [1.165, 1.54) is 43.6 Å². The molecular weight excluding hydrogens is 426 g/mol. The van der Waals surface area contributed by atoms with Gasteiger partial charge in [0.05, 0.1) is 29.4 Å². The lowest BCUT2D eigenvalue weighted by Crippen LogP contribution is -2.22. The van der Waals surface area contributed by atoms with Crippen LogP contribution in [0.25, 0.3) is 0 Å². The molecule has 0 fully saturated rings. The number of aryl methyl sites for hydroxylation is 1. The topological polar surface area (TPSA) is 137 Å². The maximum atomic E-state index is 12.7. The summed E-state index contributed by atoms with van der Waals surface area (Å²) in [6.07, 6.45) is 3.49. The van der Waals surface area contributed by atoms with Crippen molar-refractivity contribution in [3.05, 3.63) is 44.3 Å². The molecule has 10 nitrogen and oxygen atoms in total.